The first kappa shape index (κ1) is 22.5. The Hall–Kier alpha value is -2.65. The fourth-order valence-corrected chi connectivity index (χ4v) is 5.97. The van der Waals surface area contributed by atoms with Crippen LogP contribution in [-0.4, -0.2) is 43.7 Å². The molecule has 2 aliphatic heterocycles. The van der Waals surface area contributed by atoms with E-state index in [1.807, 2.05) is 13.0 Å². The first-order valence-corrected chi connectivity index (χ1v) is 12.5. The van der Waals surface area contributed by atoms with Crippen molar-refractivity contribution < 1.29 is 22.4 Å². The lowest BCUT2D eigenvalue weighted by molar-refractivity contribution is -0.126. The fourth-order valence-electron chi connectivity index (χ4n) is 4.40. The summed E-state index contributed by atoms with van der Waals surface area (Å²) < 4.78 is 33.2. The Morgan fingerprint density at radius 1 is 1.12 bits per heavy atom. The molecule has 1 N–H and O–H groups in total. The largest absolute Gasteiger partial charge is 0.465 e. The predicted octanol–water partition coefficient (Wildman–Crippen LogP) is 2.75. The zero-order chi connectivity index (χ0) is 22.9. The van der Waals surface area contributed by atoms with Crippen LogP contribution >= 0.6 is 0 Å². The molecule has 8 nitrogen and oxygen atoms in total. The van der Waals surface area contributed by atoms with E-state index in [-0.39, 0.29) is 36.1 Å². The number of anilines is 1. The number of carbonyl (C=O) groups excluding carboxylic acids is 2. The van der Waals surface area contributed by atoms with Gasteiger partial charge in [0.1, 0.15) is 17.6 Å². The number of fused-ring (bicyclic) bond motifs is 1. The van der Waals surface area contributed by atoms with Crippen molar-refractivity contribution in [2.45, 2.75) is 63.4 Å². The van der Waals surface area contributed by atoms with Crippen molar-refractivity contribution in [1.29, 1.82) is 0 Å². The van der Waals surface area contributed by atoms with Crippen LogP contribution in [0.3, 0.4) is 0 Å². The molecule has 4 rings (SSSR count). The summed E-state index contributed by atoms with van der Waals surface area (Å²) in [5.74, 6) is 0.921. The topological polar surface area (TPSA) is 99.9 Å². The van der Waals surface area contributed by atoms with Crippen LogP contribution in [0.25, 0.3) is 0 Å². The second-order valence-corrected chi connectivity index (χ2v) is 10.3. The van der Waals surface area contributed by atoms with Crippen LogP contribution in [0.4, 0.5) is 5.69 Å². The molecular formula is C23H29N3O5S. The van der Waals surface area contributed by atoms with Gasteiger partial charge in [-0.05, 0) is 55.7 Å². The summed E-state index contributed by atoms with van der Waals surface area (Å²) >= 11 is 0. The minimum atomic E-state index is -3.59. The number of hydrogen-bond acceptors (Lipinski definition) is 5. The number of nitrogens with zero attached hydrogens (tertiary/aromatic N) is 2. The van der Waals surface area contributed by atoms with Gasteiger partial charge in [-0.25, -0.2) is 8.42 Å². The molecule has 0 saturated carbocycles. The highest BCUT2D eigenvalue weighted by Gasteiger charge is 2.39. The van der Waals surface area contributed by atoms with E-state index in [1.165, 1.54) is 9.21 Å². The molecule has 2 aliphatic rings. The smallest absolute Gasteiger partial charge is 0.243 e. The van der Waals surface area contributed by atoms with Crippen molar-refractivity contribution >= 4 is 27.5 Å². The molecule has 0 spiro atoms. The molecule has 32 heavy (non-hydrogen) atoms. The van der Waals surface area contributed by atoms with E-state index in [9.17, 15) is 18.0 Å². The maximum Gasteiger partial charge on any atom is 0.243 e. The lowest BCUT2D eigenvalue weighted by Gasteiger charge is -2.26. The lowest BCUT2D eigenvalue weighted by atomic mass is 10.1. The Labute approximate surface area is 188 Å². The van der Waals surface area contributed by atoms with Crippen LogP contribution in [0.5, 0.6) is 0 Å². The van der Waals surface area contributed by atoms with E-state index in [2.05, 4.69) is 5.32 Å². The molecule has 1 aromatic heterocycles. The van der Waals surface area contributed by atoms with Gasteiger partial charge in [-0.15, -0.1) is 0 Å². The van der Waals surface area contributed by atoms with Crippen LogP contribution < -0.4 is 10.2 Å². The van der Waals surface area contributed by atoms with Gasteiger partial charge in [0.15, 0.2) is 0 Å². The van der Waals surface area contributed by atoms with Gasteiger partial charge in [0, 0.05) is 31.6 Å². The van der Waals surface area contributed by atoms with Gasteiger partial charge in [-0.3, -0.25) is 14.5 Å². The van der Waals surface area contributed by atoms with Gasteiger partial charge in [0.05, 0.1) is 11.4 Å². The molecule has 1 unspecified atom stereocenters. The zero-order valence-electron chi connectivity index (χ0n) is 18.5. The summed E-state index contributed by atoms with van der Waals surface area (Å²) in [6.07, 6.45) is 3.28. The number of sulfonamides is 1. The quantitative estimate of drug-likeness (QED) is 0.716. The van der Waals surface area contributed by atoms with Gasteiger partial charge in [-0.1, -0.05) is 13.3 Å². The van der Waals surface area contributed by atoms with Gasteiger partial charge in [0.2, 0.25) is 21.8 Å². The number of benzene rings is 1. The van der Waals surface area contributed by atoms with Gasteiger partial charge in [0.25, 0.3) is 0 Å². The van der Waals surface area contributed by atoms with Gasteiger partial charge >= 0.3 is 0 Å². The van der Waals surface area contributed by atoms with Crippen LogP contribution in [0, 0.1) is 6.92 Å². The zero-order valence-corrected chi connectivity index (χ0v) is 19.3. The summed E-state index contributed by atoms with van der Waals surface area (Å²) in [7, 11) is -3.59. The minimum absolute atomic E-state index is 0.176. The highest BCUT2D eigenvalue weighted by atomic mass is 32.2. The maximum absolute atomic E-state index is 13.1. The molecule has 3 heterocycles. The highest BCUT2D eigenvalue weighted by Crippen LogP contribution is 2.35. The third-order valence-corrected chi connectivity index (χ3v) is 7.99. The Morgan fingerprint density at radius 3 is 2.53 bits per heavy atom. The third kappa shape index (κ3) is 4.31. The molecule has 172 valence electrons. The van der Waals surface area contributed by atoms with E-state index >= 15 is 0 Å². The molecule has 9 heteroatoms. The van der Waals surface area contributed by atoms with Crippen LogP contribution in [-0.2, 0) is 32.6 Å². The average molecular weight is 460 g/mol. The number of aryl methyl sites for hydroxylation is 1. The molecular weight excluding hydrogens is 430 g/mol. The number of piperidine rings is 1. The van der Waals surface area contributed by atoms with Crippen LogP contribution in [0.15, 0.2) is 39.6 Å². The third-order valence-electron chi connectivity index (χ3n) is 6.09. The Bertz CT molecular complexity index is 1120. The molecule has 2 aromatic rings. The van der Waals surface area contributed by atoms with Crippen molar-refractivity contribution in [3.05, 3.63) is 47.4 Å². The first-order valence-electron chi connectivity index (χ1n) is 11.1. The normalized spacial score (nSPS) is 19.1. The van der Waals surface area contributed by atoms with Crippen LogP contribution in [0.2, 0.25) is 0 Å². The molecule has 1 atom stereocenters. The maximum atomic E-state index is 13.1. The Morgan fingerprint density at radius 2 is 1.88 bits per heavy atom. The Kier molecular flexibility index (Phi) is 6.39. The molecule has 1 aromatic carbocycles. The first-order chi connectivity index (χ1) is 15.3. The van der Waals surface area contributed by atoms with E-state index in [1.54, 1.807) is 31.2 Å². The standard InChI is InChI=1S/C23H29N3O5S/c1-3-22(27)26-20-10-9-19(32(29,30)25-11-5-4-6-12-25)13-17(20)14-21(26)23(28)24-15-18-8-7-16(2)31-18/h7-10,13,21H,3-6,11-12,14-15H2,1-2H3,(H,24,28). The molecule has 1 fully saturated rings. The number of hydrogen-bond donors (Lipinski definition) is 1. The van der Waals surface area contributed by atoms with E-state index < -0.39 is 16.1 Å². The van der Waals surface area contributed by atoms with Crippen molar-refractivity contribution in [2.24, 2.45) is 0 Å². The van der Waals surface area contributed by atoms with Crippen molar-refractivity contribution in [3.8, 4) is 0 Å². The van der Waals surface area contributed by atoms with E-state index in [0.29, 0.717) is 30.1 Å². The SMILES string of the molecule is CCC(=O)N1c2ccc(S(=O)(=O)N3CCCCC3)cc2CC1C(=O)NCc1ccc(C)o1. The van der Waals surface area contributed by atoms with Gasteiger partial charge in [-0.2, -0.15) is 4.31 Å². The summed E-state index contributed by atoms with van der Waals surface area (Å²) in [5.41, 5.74) is 1.29. The summed E-state index contributed by atoms with van der Waals surface area (Å²) in [4.78, 5) is 27.4. The lowest BCUT2D eigenvalue weighted by Crippen LogP contribution is -2.47. The summed E-state index contributed by atoms with van der Waals surface area (Å²) in [5, 5.41) is 2.84. The molecule has 0 radical (unpaired) electrons. The molecule has 0 aliphatic carbocycles. The second-order valence-electron chi connectivity index (χ2n) is 8.32. The summed E-state index contributed by atoms with van der Waals surface area (Å²) in [6.45, 7) is 4.85. The number of rotatable bonds is 6. The highest BCUT2D eigenvalue weighted by molar-refractivity contribution is 7.89. The van der Waals surface area contributed by atoms with Crippen molar-refractivity contribution in [2.75, 3.05) is 18.0 Å². The number of carbonyl (C=O) groups is 2. The monoisotopic (exact) mass is 459 g/mol. The molecule has 1 saturated heterocycles. The van der Waals surface area contributed by atoms with Crippen LogP contribution in [0.1, 0.15) is 49.7 Å². The number of furan rings is 1. The molecule has 2 amide bonds. The second kappa shape index (κ2) is 9.07. The predicted molar refractivity (Wildman–Crippen MR) is 120 cm³/mol. The van der Waals surface area contributed by atoms with Crippen molar-refractivity contribution in [3.63, 3.8) is 0 Å². The van der Waals surface area contributed by atoms with Crippen molar-refractivity contribution in [1.82, 2.24) is 9.62 Å². The van der Waals surface area contributed by atoms with E-state index in [4.69, 9.17) is 4.42 Å². The fraction of sp³-hybridized carbons (Fsp3) is 0.478. The number of amides is 2. The van der Waals surface area contributed by atoms with E-state index in [0.717, 1.165) is 25.0 Å². The number of nitrogens with one attached hydrogen (secondary N) is 1. The van der Waals surface area contributed by atoms with Gasteiger partial charge < -0.3 is 9.73 Å². The molecule has 0 bridgehead atoms. The minimum Gasteiger partial charge on any atom is -0.465 e. The summed E-state index contributed by atoms with van der Waals surface area (Å²) in [6, 6.07) is 7.73. The Balaban J connectivity index is 1.57. The average Bonchev–Trinajstić information content (AvgIpc) is 3.40.